The standard InChI is InChI=1S/C26H37BrN4O4S/c1-5-12-28-23(33)19-20-25(35)31(15(4)14-32)22(26(20)13-18(27)21(19)36-26)24(34)29-16-8-10-17(11-9-16)30(6-2)7-3/h8-11,15,18-22,32H,5-7,12-14H2,1-4H3,(H,28,33)(H,29,34)/t15-,18?,19-,20+,21-,22?,26?/m1/s1. The Hall–Kier alpha value is -1.78. The molecule has 0 saturated carbocycles. The number of fused-ring (bicyclic) bond motifs is 1. The molecule has 0 aromatic heterocycles. The van der Waals surface area contributed by atoms with Gasteiger partial charge >= 0.3 is 0 Å². The molecule has 0 radical (unpaired) electrons. The molecular weight excluding hydrogens is 544 g/mol. The van der Waals surface area contributed by atoms with Crippen molar-refractivity contribution in [2.75, 3.05) is 36.5 Å². The van der Waals surface area contributed by atoms with E-state index in [9.17, 15) is 19.5 Å². The third-order valence-electron chi connectivity index (χ3n) is 7.83. The zero-order valence-corrected chi connectivity index (χ0v) is 23.8. The molecule has 1 aromatic rings. The van der Waals surface area contributed by atoms with E-state index in [1.165, 1.54) is 0 Å². The first kappa shape index (κ1) is 27.3. The molecular formula is C26H37BrN4O4S. The van der Waals surface area contributed by atoms with Crippen LogP contribution in [0.15, 0.2) is 24.3 Å². The molecule has 3 N–H and O–H groups in total. The Labute approximate surface area is 226 Å². The summed E-state index contributed by atoms with van der Waals surface area (Å²) in [6, 6.07) is 6.41. The Morgan fingerprint density at radius 1 is 1.22 bits per heavy atom. The van der Waals surface area contributed by atoms with Crippen LogP contribution >= 0.6 is 27.7 Å². The number of thioether (sulfide) groups is 1. The summed E-state index contributed by atoms with van der Waals surface area (Å²) in [6.07, 6.45) is 1.42. The van der Waals surface area contributed by atoms with Gasteiger partial charge in [0.1, 0.15) is 6.04 Å². The van der Waals surface area contributed by atoms with Gasteiger partial charge in [-0.25, -0.2) is 0 Å². The molecule has 2 bridgehead atoms. The summed E-state index contributed by atoms with van der Waals surface area (Å²) in [5, 5.41) is 15.9. The van der Waals surface area contributed by atoms with E-state index < -0.39 is 28.7 Å². The molecule has 10 heteroatoms. The largest absolute Gasteiger partial charge is 0.394 e. The number of aliphatic hydroxyl groups excluding tert-OH is 1. The number of alkyl halides is 1. The molecule has 3 heterocycles. The first-order chi connectivity index (χ1) is 17.2. The number of carbonyl (C=O) groups is 3. The summed E-state index contributed by atoms with van der Waals surface area (Å²) >= 11 is 5.36. The van der Waals surface area contributed by atoms with E-state index in [0.717, 1.165) is 25.2 Å². The fourth-order valence-electron chi connectivity index (χ4n) is 6.15. The van der Waals surface area contributed by atoms with E-state index in [4.69, 9.17) is 0 Å². The molecule has 0 aliphatic carbocycles. The predicted octanol–water partition coefficient (Wildman–Crippen LogP) is 2.84. The molecule has 36 heavy (non-hydrogen) atoms. The van der Waals surface area contributed by atoms with Gasteiger partial charge in [-0.2, -0.15) is 0 Å². The first-order valence-corrected chi connectivity index (χ1v) is 14.7. The van der Waals surface area contributed by atoms with E-state index in [-0.39, 0.29) is 34.4 Å². The number of aliphatic hydroxyl groups is 1. The van der Waals surface area contributed by atoms with E-state index in [0.29, 0.717) is 18.7 Å². The van der Waals surface area contributed by atoms with Gasteiger partial charge in [-0.15, -0.1) is 11.8 Å². The number of nitrogens with one attached hydrogen (secondary N) is 2. The zero-order chi connectivity index (χ0) is 26.2. The molecule has 4 rings (SSSR count). The monoisotopic (exact) mass is 580 g/mol. The fraction of sp³-hybridized carbons (Fsp3) is 0.654. The van der Waals surface area contributed by atoms with E-state index in [1.54, 1.807) is 23.6 Å². The van der Waals surface area contributed by atoms with Crippen LogP contribution in [-0.2, 0) is 14.4 Å². The topological polar surface area (TPSA) is 102 Å². The SMILES string of the molecule is CCCNC(=O)[C@H]1[C@@H]2SC3(CC2Br)C(C(=O)Nc2ccc(N(CC)CC)cc2)N([C@H](C)CO)C(=O)[C@H]13. The minimum absolute atomic E-state index is 0.0250. The third kappa shape index (κ3) is 4.43. The average Bonchev–Trinajstić information content (AvgIpc) is 3.47. The summed E-state index contributed by atoms with van der Waals surface area (Å²) in [4.78, 5) is 44.7. The Morgan fingerprint density at radius 2 is 1.89 bits per heavy atom. The van der Waals surface area contributed by atoms with E-state index in [1.807, 2.05) is 31.2 Å². The number of anilines is 2. The second kappa shape index (κ2) is 10.9. The maximum Gasteiger partial charge on any atom is 0.248 e. The van der Waals surface area contributed by atoms with Crippen LogP contribution in [0.25, 0.3) is 0 Å². The Bertz CT molecular complexity index is 991. The number of amides is 3. The lowest BCUT2D eigenvalue weighted by Gasteiger charge is -2.36. The molecule has 3 aliphatic heterocycles. The van der Waals surface area contributed by atoms with Gasteiger partial charge in [-0.1, -0.05) is 22.9 Å². The quantitative estimate of drug-likeness (QED) is 0.368. The van der Waals surface area contributed by atoms with Crippen LogP contribution < -0.4 is 15.5 Å². The van der Waals surface area contributed by atoms with Gasteiger partial charge in [0.25, 0.3) is 0 Å². The van der Waals surface area contributed by atoms with Gasteiger partial charge in [0.05, 0.1) is 29.2 Å². The summed E-state index contributed by atoms with van der Waals surface area (Å²) < 4.78 is -0.723. The summed E-state index contributed by atoms with van der Waals surface area (Å²) in [5.41, 5.74) is 1.74. The molecule has 1 spiro atoms. The lowest BCUT2D eigenvalue weighted by Crippen LogP contribution is -2.55. The number of rotatable bonds is 10. The van der Waals surface area contributed by atoms with Gasteiger partial charge in [0.2, 0.25) is 17.7 Å². The number of hydrogen-bond donors (Lipinski definition) is 3. The number of benzene rings is 1. The van der Waals surface area contributed by atoms with Crippen LogP contribution in [0.1, 0.15) is 40.5 Å². The van der Waals surface area contributed by atoms with Gasteiger partial charge < -0.3 is 25.5 Å². The third-order valence-corrected chi connectivity index (χ3v) is 11.0. The van der Waals surface area contributed by atoms with Crippen LogP contribution in [0.3, 0.4) is 0 Å². The highest BCUT2D eigenvalue weighted by Crippen LogP contribution is 2.68. The van der Waals surface area contributed by atoms with Crippen molar-refractivity contribution in [3.63, 3.8) is 0 Å². The van der Waals surface area contributed by atoms with Gasteiger partial charge in [0.15, 0.2) is 0 Å². The number of hydrogen-bond acceptors (Lipinski definition) is 6. The van der Waals surface area contributed by atoms with Crippen molar-refractivity contribution < 1.29 is 19.5 Å². The van der Waals surface area contributed by atoms with Gasteiger partial charge in [-0.05, 0) is 57.9 Å². The Kier molecular flexibility index (Phi) is 8.26. The highest BCUT2D eigenvalue weighted by molar-refractivity contribution is 9.09. The zero-order valence-electron chi connectivity index (χ0n) is 21.4. The highest BCUT2D eigenvalue weighted by atomic mass is 79.9. The number of carbonyl (C=O) groups excluding carboxylic acids is 3. The van der Waals surface area contributed by atoms with Crippen molar-refractivity contribution in [3.8, 4) is 0 Å². The van der Waals surface area contributed by atoms with Crippen LogP contribution in [0.4, 0.5) is 11.4 Å². The molecule has 7 atom stereocenters. The molecule has 3 unspecified atom stereocenters. The maximum atomic E-state index is 13.9. The molecule has 3 aliphatic rings. The van der Waals surface area contributed by atoms with Crippen LogP contribution in [0, 0.1) is 11.8 Å². The second-order valence-corrected chi connectivity index (χ2v) is 12.7. The first-order valence-electron chi connectivity index (χ1n) is 12.9. The lowest BCUT2D eigenvalue weighted by atomic mass is 9.70. The molecule has 198 valence electrons. The Balaban J connectivity index is 1.65. The van der Waals surface area contributed by atoms with Crippen LogP contribution in [0.5, 0.6) is 0 Å². The highest BCUT2D eigenvalue weighted by Gasteiger charge is 2.75. The predicted molar refractivity (Wildman–Crippen MR) is 148 cm³/mol. The van der Waals surface area contributed by atoms with Crippen molar-refractivity contribution in [1.82, 2.24) is 10.2 Å². The second-order valence-electron chi connectivity index (χ2n) is 9.94. The van der Waals surface area contributed by atoms with E-state index >= 15 is 0 Å². The van der Waals surface area contributed by atoms with Crippen molar-refractivity contribution in [3.05, 3.63) is 24.3 Å². The van der Waals surface area contributed by atoms with Crippen molar-refractivity contribution in [2.24, 2.45) is 11.8 Å². The maximum absolute atomic E-state index is 13.9. The minimum Gasteiger partial charge on any atom is -0.394 e. The van der Waals surface area contributed by atoms with Gasteiger partial charge in [0, 0.05) is 41.1 Å². The molecule has 3 fully saturated rings. The summed E-state index contributed by atoms with van der Waals surface area (Å²) in [6.45, 7) is 10.0. The lowest BCUT2D eigenvalue weighted by molar-refractivity contribution is -0.141. The molecule has 8 nitrogen and oxygen atoms in total. The van der Waals surface area contributed by atoms with Crippen molar-refractivity contribution in [1.29, 1.82) is 0 Å². The molecule has 1 aromatic carbocycles. The van der Waals surface area contributed by atoms with Crippen molar-refractivity contribution >= 4 is 56.8 Å². The average molecular weight is 582 g/mol. The van der Waals surface area contributed by atoms with Crippen molar-refractivity contribution in [2.45, 2.75) is 67.4 Å². The fourth-order valence-corrected chi connectivity index (χ4v) is 9.75. The smallest absolute Gasteiger partial charge is 0.248 e. The number of nitrogens with zero attached hydrogens (tertiary/aromatic N) is 2. The van der Waals surface area contributed by atoms with Gasteiger partial charge in [-0.3, -0.25) is 14.4 Å². The Morgan fingerprint density at radius 3 is 2.47 bits per heavy atom. The van der Waals surface area contributed by atoms with E-state index in [2.05, 4.69) is 45.3 Å². The number of halogens is 1. The normalized spacial score (nSPS) is 31.3. The van der Waals surface area contributed by atoms with Crippen LogP contribution in [0.2, 0.25) is 0 Å². The van der Waals surface area contributed by atoms with Crippen LogP contribution in [-0.4, -0.2) is 80.9 Å². The molecule has 3 saturated heterocycles. The summed E-state index contributed by atoms with van der Waals surface area (Å²) in [5.74, 6) is -1.70. The number of likely N-dealkylation sites (tertiary alicyclic amines) is 1. The minimum atomic E-state index is -0.779. The summed E-state index contributed by atoms with van der Waals surface area (Å²) in [7, 11) is 0. The molecule has 3 amide bonds.